The van der Waals surface area contributed by atoms with Crippen LogP contribution in [-0.2, 0) is 11.0 Å². The van der Waals surface area contributed by atoms with Gasteiger partial charge >= 0.3 is 6.61 Å². The fourth-order valence-electron chi connectivity index (χ4n) is 1.58. The van der Waals surface area contributed by atoms with Crippen molar-refractivity contribution in [3.05, 3.63) is 29.8 Å². The van der Waals surface area contributed by atoms with E-state index in [4.69, 9.17) is 0 Å². The van der Waals surface area contributed by atoms with Gasteiger partial charge in [-0.3, -0.25) is 0 Å². The van der Waals surface area contributed by atoms with Crippen LogP contribution in [0.5, 0.6) is 5.75 Å². The number of hydrogen-bond donors (Lipinski definition) is 0. The number of nitrogens with zero attached hydrogens (tertiary/aromatic N) is 1. The van der Waals surface area contributed by atoms with Crippen LogP contribution in [0.1, 0.15) is 39.2 Å². The van der Waals surface area contributed by atoms with Crippen molar-refractivity contribution in [1.29, 1.82) is 0 Å². The van der Waals surface area contributed by atoms with E-state index in [-0.39, 0.29) is 17.9 Å². The van der Waals surface area contributed by atoms with Gasteiger partial charge in [-0.2, -0.15) is 13.2 Å². The Bertz CT molecular complexity index is 571. The Hall–Kier alpha value is -1.44. The molecule has 1 atom stereocenters. The number of benzene rings is 1. The zero-order valence-corrected chi connectivity index (χ0v) is 13.9. The van der Waals surface area contributed by atoms with E-state index in [1.54, 1.807) is 20.8 Å². The van der Waals surface area contributed by atoms with Gasteiger partial charge in [-0.25, -0.2) is 13.0 Å². The van der Waals surface area contributed by atoms with Crippen LogP contribution in [0.3, 0.4) is 0 Å². The van der Waals surface area contributed by atoms with Gasteiger partial charge in [0.2, 0.25) is 6.43 Å². The van der Waals surface area contributed by atoms with Crippen LogP contribution in [0.15, 0.2) is 28.7 Å². The van der Waals surface area contributed by atoms with Crippen molar-refractivity contribution < 1.29 is 26.5 Å². The third kappa shape index (κ3) is 7.11. The molecule has 23 heavy (non-hydrogen) atoms. The second-order valence-electron chi connectivity index (χ2n) is 5.74. The maximum absolute atomic E-state index is 12.5. The van der Waals surface area contributed by atoms with Gasteiger partial charge in [-0.05, 0) is 39.3 Å². The summed E-state index contributed by atoms with van der Waals surface area (Å²) in [5.41, 5.74) is 0.514. The highest BCUT2D eigenvalue weighted by Crippen LogP contribution is 2.21. The van der Waals surface area contributed by atoms with Gasteiger partial charge in [0.05, 0.1) is 10.5 Å². The molecule has 0 N–H and O–H groups in total. The molecule has 0 spiro atoms. The monoisotopic (exact) mass is 353 g/mol. The lowest BCUT2D eigenvalue weighted by Gasteiger charge is -2.16. The molecule has 8 heteroatoms. The first kappa shape index (κ1) is 19.6. The highest BCUT2D eigenvalue weighted by Gasteiger charge is 2.21. The number of ether oxygens (including phenoxy) is 1. The molecule has 1 aromatic carbocycles. The second-order valence-corrected chi connectivity index (χ2v) is 7.64. The first-order valence-corrected chi connectivity index (χ1v) is 8.03. The van der Waals surface area contributed by atoms with E-state index in [9.17, 15) is 21.8 Å². The summed E-state index contributed by atoms with van der Waals surface area (Å²) < 4.78 is 69.3. The molecule has 0 fully saturated rings. The van der Waals surface area contributed by atoms with Crippen LogP contribution in [0.4, 0.5) is 17.6 Å². The van der Waals surface area contributed by atoms with Crippen LogP contribution in [-0.4, -0.2) is 27.7 Å². The molecule has 1 aromatic rings. The zero-order chi connectivity index (χ0) is 17.6. The highest BCUT2D eigenvalue weighted by atomic mass is 32.2. The standard InChI is InChI=1S/C15H19F4NO2S/c1-15(2,3)23(21)20-12(7-8-13(16)17)10-5-4-6-11(9-10)22-14(18)19/h4-6,9,13-14H,7-8H2,1-3H3/b20-12+/t23-/m0/s1. The molecule has 3 nitrogen and oxygen atoms in total. The Morgan fingerprint density at radius 1 is 1.26 bits per heavy atom. The summed E-state index contributed by atoms with van der Waals surface area (Å²) >= 11 is 0. The Labute approximate surface area is 135 Å². The third-order valence-electron chi connectivity index (χ3n) is 2.71. The minimum Gasteiger partial charge on any atom is -0.435 e. The zero-order valence-electron chi connectivity index (χ0n) is 13.1. The van der Waals surface area contributed by atoms with E-state index in [1.807, 2.05) is 0 Å². The van der Waals surface area contributed by atoms with Crippen LogP contribution in [0.25, 0.3) is 0 Å². The molecule has 0 saturated heterocycles. The molecule has 0 aliphatic rings. The molecule has 0 aromatic heterocycles. The van der Waals surface area contributed by atoms with Crippen LogP contribution >= 0.6 is 0 Å². The Balaban J connectivity index is 3.13. The Morgan fingerprint density at radius 3 is 2.43 bits per heavy atom. The van der Waals surface area contributed by atoms with Crippen molar-refractivity contribution in [2.45, 2.75) is 51.4 Å². The lowest BCUT2D eigenvalue weighted by atomic mass is 10.1. The minimum absolute atomic E-state index is 0.108. The van der Waals surface area contributed by atoms with Crippen molar-refractivity contribution >= 4 is 16.7 Å². The van der Waals surface area contributed by atoms with Gasteiger partial charge in [0.15, 0.2) is 0 Å². The SMILES string of the molecule is CC(C)(C)[S@](=O)/N=C(\CCC(F)F)c1cccc(OC(F)F)c1. The summed E-state index contributed by atoms with van der Waals surface area (Å²) in [4.78, 5) is 0. The Morgan fingerprint density at radius 2 is 1.91 bits per heavy atom. The lowest BCUT2D eigenvalue weighted by Crippen LogP contribution is -2.21. The van der Waals surface area contributed by atoms with Gasteiger partial charge in [-0.1, -0.05) is 12.1 Å². The number of rotatable bonds is 7. The molecular weight excluding hydrogens is 334 g/mol. The summed E-state index contributed by atoms with van der Waals surface area (Å²) in [6, 6.07) is 5.57. The van der Waals surface area contributed by atoms with Gasteiger partial charge in [-0.15, -0.1) is 0 Å². The van der Waals surface area contributed by atoms with E-state index in [2.05, 4.69) is 9.13 Å². The number of alkyl halides is 4. The van der Waals surface area contributed by atoms with Crippen molar-refractivity contribution in [2.75, 3.05) is 0 Å². The van der Waals surface area contributed by atoms with E-state index in [0.29, 0.717) is 5.56 Å². The largest absolute Gasteiger partial charge is 0.435 e. The van der Waals surface area contributed by atoms with E-state index in [0.717, 1.165) is 0 Å². The van der Waals surface area contributed by atoms with Gasteiger partial charge in [0.1, 0.15) is 16.7 Å². The average molecular weight is 353 g/mol. The van der Waals surface area contributed by atoms with Gasteiger partial charge in [0.25, 0.3) is 0 Å². The number of halogens is 4. The molecule has 0 heterocycles. The molecular formula is C15H19F4NO2S. The lowest BCUT2D eigenvalue weighted by molar-refractivity contribution is -0.0498. The van der Waals surface area contributed by atoms with E-state index in [1.165, 1.54) is 24.3 Å². The van der Waals surface area contributed by atoms with Gasteiger partial charge in [0, 0.05) is 12.0 Å². The summed E-state index contributed by atoms with van der Waals surface area (Å²) in [7, 11) is -1.65. The fourth-order valence-corrected chi connectivity index (χ4v) is 2.25. The number of hydrogen-bond acceptors (Lipinski definition) is 2. The third-order valence-corrected chi connectivity index (χ3v) is 4.14. The molecule has 0 unspecified atom stereocenters. The second kappa shape index (κ2) is 8.42. The van der Waals surface area contributed by atoms with Gasteiger partial charge < -0.3 is 4.74 Å². The average Bonchev–Trinajstić information content (AvgIpc) is 2.41. The predicted octanol–water partition coefficient (Wildman–Crippen LogP) is 4.58. The van der Waals surface area contributed by atoms with Crippen molar-refractivity contribution in [3.63, 3.8) is 0 Å². The topological polar surface area (TPSA) is 38.7 Å². The summed E-state index contributed by atoms with van der Waals surface area (Å²) in [5, 5.41) is 0. The molecule has 0 aliphatic heterocycles. The smallest absolute Gasteiger partial charge is 0.387 e. The molecule has 130 valence electrons. The maximum Gasteiger partial charge on any atom is 0.387 e. The summed E-state index contributed by atoms with van der Waals surface area (Å²) in [5.74, 6) is -0.108. The quantitative estimate of drug-likeness (QED) is 0.531. The molecule has 0 radical (unpaired) electrons. The minimum atomic E-state index is -2.99. The van der Waals surface area contributed by atoms with Crippen LogP contribution in [0, 0.1) is 0 Å². The summed E-state index contributed by atoms with van der Waals surface area (Å²) in [6.07, 6.45) is -3.11. The first-order valence-electron chi connectivity index (χ1n) is 6.92. The first-order chi connectivity index (χ1) is 10.6. The van der Waals surface area contributed by atoms with E-state index >= 15 is 0 Å². The molecule has 0 aliphatic carbocycles. The molecule has 0 amide bonds. The summed E-state index contributed by atoms with van der Waals surface area (Å²) in [6.45, 7) is 2.12. The van der Waals surface area contributed by atoms with Crippen LogP contribution < -0.4 is 4.74 Å². The maximum atomic E-state index is 12.5. The fraction of sp³-hybridized carbons (Fsp3) is 0.533. The van der Waals surface area contributed by atoms with Crippen LogP contribution in [0.2, 0.25) is 0 Å². The predicted molar refractivity (Wildman–Crippen MR) is 82.7 cm³/mol. The molecule has 0 bridgehead atoms. The highest BCUT2D eigenvalue weighted by molar-refractivity contribution is 7.85. The van der Waals surface area contributed by atoms with Crippen molar-refractivity contribution in [2.24, 2.45) is 4.40 Å². The molecule has 0 saturated carbocycles. The van der Waals surface area contributed by atoms with E-state index < -0.39 is 35.2 Å². The molecule has 1 rings (SSSR count). The normalized spacial score (nSPS) is 14.4. The van der Waals surface area contributed by atoms with Crippen molar-refractivity contribution in [3.8, 4) is 5.75 Å². The Kier molecular flexibility index (Phi) is 7.18. The van der Waals surface area contributed by atoms with Crippen molar-refractivity contribution in [1.82, 2.24) is 0 Å².